The summed E-state index contributed by atoms with van der Waals surface area (Å²) in [6.45, 7) is 3.40. The number of ether oxygens (including phenoxy) is 1. The lowest BCUT2D eigenvalue weighted by atomic mass is 10.1. The summed E-state index contributed by atoms with van der Waals surface area (Å²) in [4.78, 5) is 2.51. The number of hydrogen-bond acceptors (Lipinski definition) is 3. The highest BCUT2D eigenvalue weighted by atomic mass is 16.5. The highest BCUT2D eigenvalue weighted by Gasteiger charge is 2.27. The van der Waals surface area contributed by atoms with Gasteiger partial charge in [-0.1, -0.05) is 18.2 Å². The maximum absolute atomic E-state index is 5.41. The minimum Gasteiger partial charge on any atom is -0.380 e. The van der Waals surface area contributed by atoms with Crippen molar-refractivity contribution in [1.82, 2.24) is 4.90 Å². The molecule has 0 saturated carbocycles. The second kappa shape index (κ2) is 4.67. The molecule has 1 saturated heterocycles. The summed E-state index contributed by atoms with van der Waals surface area (Å²) >= 11 is 0. The molecule has 0 bridgehead atoms. The molecule has 1 fully saturated rings. The smallest absolute Gasteiger partial charge is 0.0710 e. The van der Waals surface area contributed by atoms with Crippen molar-refractivity contribution in [3.8, 4) is 0 Å². The Balaban J connectivity index is 1.56. The van der Waals surface area contributed by atoms with E-state index in [1.165, 1.54) is 24.2 Å². The van der Waals surface area contributed by atoms with Crippen LogP contribution in [0.15, 0.2) is 24.3 Å². The summed E-state index contributed by atoms with van der Waals surface area (Å²) in [5, 5.41) is 3.61. The molecule has 1 N–H and O–H groups in total. The molecule has 2 heterocycles. The van der Waals surface area contributed by atoms with Gasteiger partial charge in [0.25, 0.3) is 0 Å². The van der Waals surface area contributed by atoms with E-state index in [0.29, 0.717) is 12.1 Å². The molecule has 1 aromatic rings. The normalized spacial score (nSPS) is 28.1. The summed E-state index contributed by atoms with van der Waals surface area (Å²) in [6, 6.07) is 9.20. The Morgan fingerprint density at radius 1 is 1.41 bits per heavy atom. The fraction of sp³-hybridized carbons (Fsp3) is 0.571. The molecule has 0 aliphatic carbocycles. The van der Waals surface area contributed by atoms with Crippen LogP contribution < -0.4 is 5.32 Å². The minimum absolute atomic E-state index is 0.443. The van der Waals surface area contributed by atoms with Gasteiger partial charge in [-0.2, -0.15) is 0 Å². The molecule has 2 aliphatic heterocycles. The van der Waals surface area contributed by atoms with Crippen LogP contribution in [0.2, 0.25) is 0 Å². The topological polar surface area (TPSA) is 24.5 Å². The van der Waals surface area contributed by atoms with Gasteiger partial charge in [-0.25, -0.2) is 0 Å². The van der Waals surface area contributed by atoms with E-state index in [2.05, 4.69) is 34.5 Å². The van der Waals surface area contributed by atoms with Crippen LogP contribution >= 0.6 is 0 Å². The maximum Gasteiger partial charge on any atom is 0.0710 e. The van der Waals surface area contributed by atoms with Crippen molar-refractivity contribution in [2.24, 2.45) is 0 Å². The minimum atomic E-state index is 0.443. The van der Waals surface area contributed by atoms with Crippen LogP contribution in [-0.2, 0) is 11.2 Å². The lowest BCUT2D eigenvalue weighted by molar-refractivity contribution is 0.107. The molecule has 2 atom stereocenters. The quantitative estimate of drug-likeness (QED) is 0.859. The Morgan fingerprint density at radius 3 is 3.06 bits per heavy atom. The zero-order chi connectivity index (χ0) is 11.7. The molecule has 0 radical (unpaired) electrons. The van der Waals surface area contributed by atoms with Gasteiger partial charge in [0, 0.05) is 38.5 Å². The van der Waals surface area contributed by atoms with Crippen molar-refractivity contribution >= 4 is 5.69 Å². The first-order chi connectivity index (χ1) is 8.35. The number of fused-ring (bicyclic) bond motifs is 1. The van der Waals surface area contributed by atoms with Gasteiger partial charge >= 0.3 is 0 Å². The van der Waals surface area contributed by atoms with E-state index < -0.39 is 0 Å². The Morgan fingerprint density at radius 2 is 2.29 bits per heavy atom. The third-order valence-corrected chi connectivity index (χ3v) is 3.88. The van der Waals surface area contributed by atoms with Crippen molar-refractivity contribution in [2.45, 2.75) is 25.0 Å². The molecule has 3 nitrogen and oxygen atoms in total. The van der Waals surface area contributed by atoms with Gasteiger partial charge in [0.1, 0.15) is 0 Å². The zero-order valence-corrected chi connectivity index (χ0v) is 10.4. The number of methoxy groups -OCH3 is 1. The predicted molar refractivity (Wildman–Crippen MR) is 69.4 cm³/mol. The first kappa shape index (κ1) is 11.1. The maximum atomic E-state index is 5.41. The van der Waals surface area contributed by atoms with Crippen molar-refractivity contribution in [3.05, 3.63) is 29.8 Å². The molecule has 0 spiro atoms. The number of nitrogens with one attached hydrogen (secondary N) is 1. The Labute approximate surface area is 103 Å². The fourth-order valence-corrected chi connectivity index (χ4v) is 2.95. The van der Waals surface area contributed by atoms with Gasteiger partial charge in [-0.15, -0.1) is 0 Å². The molecular formula is C14H20N2O. The van der Waals surface area contributed by atoms with Crippen LogP contribution in [0.1, 0.15) is 12.0 Å². The summed E-state index contributed by atoms with van der Waals surface area (Å²) in [6.07, 6.45) is 2.78. The number of para-hydroxylation sites is 1. The van der Waals surface area contributed by atoms with Gasteiger partial charge in [0.05, 0.1) is 6.10 Å². The Hall–Kier alpha value is -1.06. The van der Waals surface area contributed by atoms with E-state index in [-0.39, 0.29) is 0 Å². The molecule has 0 aromatic heterocycles. The van der Waals surface area contributed by atoms with Gasteiger partial charge in [0.2, 0.25) is 0 Å². The zero-order valence-electron chi connectivity index (χ0n) is 10.4. The van der Waals surface area contributed by atoms with E-state index in [1.807, 2.05) is 7.11 Å². The third kappa shape index (κ3) is 2.31. The average Bonchev–Trinajstić information content (AvgIpc) is 2.94. The average molecular weight is 232 g/mol. The molecule has 3 rings (SSSR count). The Kier molecular flexibility index (Phi) is 3.04. The number of benzene rings is 1. The molecule has 2 aliphatic rings. The number of rotatable bonds is 3. The molecule has 1 aromatic carbocycles. The van der Waals surface area contributed by atoms with Crippen LogP contribution in [0.3, 0.4) is 0 Å². The monoisotopic (exact) mass is 232 g/mol. The van der Waals surface area contributed by atoms with Gasteiger partial charge < -0.3 is 10.1 Å². The van der Waals surface area contributed by atoms with E-state index in [0.717, 1.165) is 19.5 Å². The van der Waals surface area contributed by atoms with Gasteiger partial charge in [0.15, 0.2) is 0 Å². The summed E-state index contributed by atoms with van der Waals surface area (Å²) < 4.78 is 5.41. The number of nitrogens with zero attached hydrogens (tertiary/aromatic N) is 1. The van der Waals surface area contributed by atoms with E-state index in [1.54, 1.807) is 0 Å². The highest BCUT2D eigenvalue weighted by Crippen LogP contribution is 2.26. The van der Waals surface area contributed by atoms with Crippen molar-refractivity contribution in [3.63, 3.8) is 0 Å². The highest BCUT2D eigenvalue weighted by molar-refractivity contribution is 5.56. The van der Waals surface area contributed by atoms with E-state index >= 15 is 0 Å². The number of likely N-dealkylation sites (tertiary alicyclic amines) is 1. The second-order valence-corrected chi connectivity index (χ2v) is 5.11. The third-order valence-electron chi connectivity index (χ3n) is 3.88. The molecule has 92 valence electrons. The van der Waals surface area contributed by atoms with Crippen molar-refractivity contribution in [1.29, 1.82) is 0 Å². The van der Waals surface area contributed by atoms with E-state index in [4.69, 9.17) is 4.74 Å². The first-order valence-corrected chi connectivity index (χ1v) is 6.45. The van der Waals surface area contributed by atoms with Crippen molar-refractivity contribution < 1.29 is 4.74 Å². The predicted octanol–water partition coefficient (Wildman–Crippen LogP) is 1.74. The molecular weight excluding hydrogens is 212 g/mol. The van der Waals surface area contributed by atoms with Crippen LogP contribution in [0.25, 0.3) is 0 Å². The first-order valence-electron chi connectivity index (χ1n) is 6.45. The summed E-state index contributed by atoms with van der Waals surface area (Å²) in [5.74, 6) is 0. The fourth-order valence-electron chi connectivity index (χ4n) is 2.95. The molecule has 3 heteroatoms. The van der Waals surface area contributed by atoms with Crippen LogP contribution in [0.4, 0.5) is 5.69 Å². The van der Waals surface area contributed by atoms with E-state index in [9.17, 15) is 0 Å². The summed E-state index contributed by atoms with van der Waals surface area (Å²) in [5.41, 5.74) is 2.78. The second-order valence-electron chi connectivity index (χ2n) is 5.11. The largest absolute Gasteiger partial charge is 0.380 e. The lowest BCUT2D eigenvalue weighted by Crippen LogP contribution is -2.34. The lowest BCUT2D eigenvalue weighted by Gasteiger charge is -2.20. The van der Waals surface area contributed by atoms with Gasteiger partial charge in [-0.3, -0.25) is 4.90 Å². The van der Waals surface area contributed by atoms with Crippen LogP contribution in [0.5, 0.6) is 0 Å². The van der Waals surface area contributed by atoms with Crippen LogP contribution in [-0.4, -0.2) is 43.8 Å². The number of hydrogen-bond donors (Lipinski definition) is 1. The summed E-state index contributed by atoms with van der Waals surface area (Å²) in [7, 11) is 1.82. The molecule has 0 amide bonds. The van der Waals surface area contributed by atoms with Crippen LogP contribution in [0, 0.1) is 0 Å². The Bertz CT molecular complexity index is 369. The standard InChI is InChI=1S/C14H20N2O/c1-17-13-6-7-16(10-13)9-12-8-11-4-2-3-5-14(11)15-12/h2-5,12-13,15H,6-10H2,1H3. The molecule has 17 heavy (non-hydrogen) atoms. The van der Waals surface area contributed by atoms with Crippen molar-refractivity contribution in [2.75, 3.05) is 32.1 Å². The molecule has 2 unspecified atom stereocenters. The van der Waals surface area contributed by atoms with Gasteiger partial charge in [-0.05, 0) is 24.5 Å². The number of anilines is 1. The SMILES string of the molecule is COC1CCN(CC2Cc3ccccc3N2)C1.